The van der Waals surface area contributed by atoms with Crippen LogP contribution in [0.2, 0.25) is 0 Å². The summed E-state index contributed by atoms with van der Waals surface area (Å²) in [7, 11) is -3.37. The van der Waals surface area contributed by atoms with E-state index >= 15 is 0 Å². The lowest BCUT2D eigenvalue weighted by molar-refractivity contribution is -0.143. The van der Waals surface area contributed by atoms with Crippen molar-refractivity contribution in [2.45, 2.75) is 32.4 Å². The van der Waals surface area contributed by atoms with Crippen LogP contribution in [-0.2, 0) is 19.6 Å². The van der Waals surface area contributed by atoms with Crippen molar-refractivity contribution in [1.82, 2.24) is 9.21 Å². The smallest absolute Gasteiger partial charge is 0.305 e. The van der Waals surface area contributed by atoms with Crippen LogP contribution >= 0.6 is 0 Å². The monoisotopic (exact) mass is 278 g/mol. The van der Waals surface area contributed by atoms with Crippen LogP contribution in [0.15, 0.2) is 0 Å². The van der Waals surface area contributed by atoms with Crippen molar-refractivity contribution in [1.29, 1.82) is 0 Å². The molecule has 1 rings (SSSR count). The van der Waals surface area contributed by atoms with Gasteiger partial charge in [-0.15, -0.1) is 0 Å². The van der Waals surface area contributed by atoms with Crippen LogP contribution < -0.4 is 0 Å². The van der Waals surface area contributed by atoms with Crippen LogP contribution in [0.4, 0.5) is 0 Å². The molecule has 0 aromatic carbocycles. The van der Waals surface area contributed by atoms with Crippen LogP contribution in [0.5, 0.6) is 0 Å². The van der Waals surface area contributed by atoms with Gasteiger partial charge in [-0.3, -0.25) is 9.59 Å². The summed E-state index contributed by atoms with van der Waals surface area (Å²) in [5, 5.41) is 8.83. The summed E-state index contributed by atoms with van der Waals surface area (Å²) in [5.74, 6) is -1.28. The second-order valence-corrected chi connectivity index (χ2v) is 6.59. The highest BCUT2D eigenvalue weighted by Crippen LogP contribution is 2.20. The van der Waals surface area contributed by atoms with Crippen molar-refractivity contribution >= 4 is 21.9 Å². The van der Waals surface area contributed by atoms with Gasteiger partial charge in [0.05, 0.1) is 18.7 Å². The van der Waals surface area contributed by atoms with Gasteiger partial charge in [0.15, 0.2) is 0 Å². The van der Waals surface area contributed by atoms with E-state index in [2.05, 4.69) is 0 Å². The Hall–Kier alpha value is -1.15. The van der Waals surface area contributed by atoms with Crippen LogP contribution in [0.1, 0.15) is 20.3 Å². The fraction of sp³-hybridized carbons (Fsp3) is 0.800. The molecule has 0 radical (unpaired) electrons. The maximum atomic E-state index is 11.5. The number of nitrogens with zero attached hydrogens (tertiary/aromatic N) is 2. The zero-order valence-corrected chi connectivity index (χ0v) is 11.5. The Labute approximate surface area is 106 Å². The molecule has 1 saturated heterocycles. The van der Waals surface area contributed by atoms with Crippen molar-refractivity contribution in [3.63, 3.8) is 0 Å². The molecule has 0 aliphatic carbocycles. The molecule has 1 aliphatic heterocycles. The van der Waals surface area contributed by atoms with E-state index in [1.165, 1.54) is 16.1 Å². The summed E-state index contributed by atoms with van der Waals surface area (Å²) >= 11 is 0. The van der Waals surface area contributed by atoms with Crippen molar-refractivity contribution in [2.24, 2.45) is 0 Å². The summed E-state index contributed by atoms with van der Waals surface area (Å²) in [6.45, 7) is 3.32. The average molecular weight is 278 g/mol. The Kier molecular flexibility index (Phi) is 4.33. The van der Waals surface area contributed by atoms with E-state index in [0.717, 1.165) is 6.26 Å². The van der Waals surface area contributed by atoms with Gasteiger partial charge < -0.3 is 10.0 Å². The zero-order valence-electron chi connectivity index (χ0n) is 10.7. The molecular weight excluding hydrogens is 260 g/mol. The standard InChI is InChI=1S/C10H18N2O5S/c1-7-5-11(18(3,16)17)6-9(4-10(14)15)12(7)8(2)13/h7,9H,4-6H2,1-3H3,(H,14,15)/t7-,9-/m0/s1. The number of carboxylic acid groups (broad SMARTS) is 1. The largest absolute Gasteiger partial charge is 0.481 e. The molecule has 1 heterocycles. The first kappa shape index (κ1) is 14.9. The molecular formula is C10H18N2O5S. The predicted molar refractivity (Wildman–Crippen MR) is 64.4 cm³/mol. The maximum absolute atomic E-state index is 11.5. The molecule has 7 nitrogen and oxygen atoms in total. The minimum absolute atomic E-state index is 0.0368. The molecule has 0 aromatic heterocycles. The zero-order chi connectivity index (χ0) is 14.1. The summed E-state index contributed by atoms with van der Waals surface area (Å²) in [6, 6.07) is -0.936. The number of carboxylic acids is 1. The van der Waals surface area contributed by atoms with E-state index < -0.39 is 22.0 Å². The highest BCUT2D eigenvalue weighted by atomic mass is 32.2. The van der Waals surface area contributed by atoms with Crippen LogP contribution in [0.3, 0.4) is 0 Å². The van der Waals surface area contributed by atoms with E-state index in [-0.39, 0.29) is 31.5 Å². The number of amides is 1. The molecule has 1 aliphatic rings. The Morgan fingerprint density at radius 1 is 1.33 bits per heavy atom. The lowest BCUT2D eigenvalue weighted by Crippen LogP contribution is -2.60. The van der Waals surface area contributed by atoms with Gasteiger partial charge in [0.2, 0.25) is 15.9 Å². The molecule has 8 heteroatoms. The van der Waals surface area contributed by atoms with Gasteiger partial charge >= 0.3 is 5.97 Å². The van der Waals surface area contributed by atoms with Gasteiger partial charge in [0, 0.05) is 26.1 Å². The highest BCUT2D eigenvalue weighted by molar-refractivity contribution is 7.88. The van der Waals surface area contributed by atoms with Crippen LogP contribution in [0.25, 0.3) is 0 Å². The maximum Gasteiger partial charge on any atom is 0.305 e. The SMILES string of the molecule is CC(=O)N1[C@@H](CC(=O)O)CN(S(C)(=O)=O)C[C@@H]1C. The first-order chi connectivity index (χ1) is 8.12. The molecule has 0 spiro atoms. The number of sulfonamides is 1. The Balaban J connectivity index is 2.98. The topological polar surface area (TPSA) is 95.0 Å². The van der Waals surface area contributed by atoms with Gasteiger partial charge in [-0.1, -0.05) is 0 Å². The summed E-state index contributed by atoms with van der Waals surface area (Å²) in [6.07, 6.45) is 0.830. The lowest BCUT2D eigenvalue weighted by Gasteiger charge is -2.43. The number of hydrogen-bond donors (Lipinski definition) is 1. The molecule has 0 aromatic rings. The number of piperazine rings is 1. The van der Waals surface area contributed by atoms with Crippen LogP contribution in [0, 0.1) is 0 Å². The number of carbonyl (C=O) groups is 2. The third kappa shape index (κ3) is 3.42. The summed E-state index contributed by atoms with van der Waals surface area (Å²) in [4.78, 5) is 23.8. The van der Waals surface area contributed by atoms with Crippen molar-refractivity contribution in [3.05, 3.63) is 0 Å². The van der Waals surface area contributed by atoms with E-state index in [4.69, 9.17) is 5.11 Å². The van der Waals surface area contributed by atoms with E-state index in [1.54, 1.807) is 6.92 Å². The number of carbonyl (C=O) groups excluding carboxylic acids is 1. The van der Waals surface area contributed by atoms with Crippen LogP contribution in [-0.4, -0.2) is 66.0 Å². The lowest BCUT2D eigenvalue weighted by atomic mass is 10.1. The molecule has 0 unspecified atom stereocenters. The Morgan fingerprint density at radius 3 is 2.28 bits per heavy atom. The third-order valence-corrected chi connectivity index (χ3v) is 4.23. The molecule has 0 bridgehead atoms. The van der Waals surface area contributed by atoms with Crippen molar-refractivity contribution < 1.29 is 23.1 Å². The minimum atomic E-state index is -3.37. The number of aliphatic carboxylic acids is 1. The summed E-state index contributed by atoms with van der Waals surface area (Å²) in [5.41, 5.74) is 0. The highest BCUT2D eigenvalue weighted by Gasteiger charge is 2.37. The number of rotatable bonds is 3. The van der Waals surface area contributed by atoms with Gasteiger partial charge in [-0.05, 0) is 6.92 Å². The van der Waals surface area contributed by atoms with Gasteiger partial charge in [0.1, 0.15) is 0 Å². The average Bonchev–Trinajstić information content (AvgIpc) is 2.13. The van der Waals surface area contributed by atoms with Crippen molar-refractivity contribution in [2.75, 3.05) is 19.3 Å². The Morgan fingerprint density at radius 2 is 1.89 bits per heavy atom. The fourth-order valence-electron chi connectivity index (χ4n) is 2.34. The van der Waals surface area contributed by atoms with E-state index in [1.807, 2.05) is 0 Å². The first-order valence-corrected chi connectivity index (χ1v) is 7.43. The molecule has 1 amide bonds. The predicted octanol–water partition coefficient (Wildman–Crippen LogP) is -0.658. The summed E-state index contributed by atoms with van der Waals surface area (Å²) < 4.78 is 24.3. The fourth-order valence-corrected chi connectivity index (χ4v) is 3.27. The molecule has 1 N–H and O–H groups in total. The van der Waals surface area contributed by atoms with E-state index in [9.17, 15) is 18.0 Å². The van der Waals surface area contributed by atoms with E-state index in [0.29, 0.717) is 0 Å². The normalized spacial score (nSPS) is 26.1. The number of hydrogen-bond acceptors (Lipinski definition) is 4. The molecule has 0 saturated carbocycles. The molecule has 2 atom stereocenters. The second-order valence-electron chi connectivity index (χ2n) is 4.61. The quantitative estimate of drug-likeness (QED) is 0.739. The van der Waals surface area contributed by atoms with Gasteiger partial charge in [0.25, 0.3) is 0 Å². The van der Waals surface area contributed by atoms with Crippen molar-refractivity contribution in [3.8, 4) is 0 Å². The molecule has 18 heavy (non-hydrogen) atoms. The third-order valence-electron chi connectivity index (χ3n) is 2.99. The molecule has 1 fully saturated rings. The second kappa shape index (κ2) is 5.23. The van der Waals surface area contributed by atoms with Gasteiger partial charge in [-0.25, -0.2) is 8.42 Å². The minimum Gasteiger partial charge on any atom is -0.481 e. The first-order valence-electron chi connectivity index (χ1n) is 5.58. The van der Waals surface area contributed by atoms with Gasteiger partial charge in [-0.2, -0.15) is 4.31 Å². The molecule has 104 valence electrons. The Bertz CT molecular complexity index is 447.